The van der Waals surface area contributed by atoms with Crippen molar-refractivity contribution in [2.24, 2.45) is 13.0 Å². The zero-order valence-electron chi connectivity index (χ0n) is 12.5. The number of hydrogen-bond donors (Lipinski definition) is 1. The summed E-state index contributed by atoms with van der Waals surface area (Å²) in [6.45, 7) is 4.12. The largest absolute Gasteiger partial charge is 0.395 e. The normalized spacial score (nSPS) is 19.0. The van der Waals surface area contributed by atoms with Crippen molar-refractivity contribution in [1.29, 1.82) is 0 Å². The van der Waals surface area contributed by atoms with Gasteiger partial charge in [0.2, 0.25) is 5.91 Å². The minimum atomic E-state index is -0.103. The van der Waals surface area contributed by atoms with Crippen LogP contribution in [0.3, 0.4) is 0 Å². The molecule has 0 bridgehead atoms. The van der Waals surface area contributed by atoms with Crippen LogP contribution in [0.15, 0.2) is 0 Å². The molecule has 1 aliphatic carbocycles. The summed E-state index contributed by atoms with van der Waals surface area (Å²) in [4.78, 5) is 28.2. The van der Waals surface area contributed by atoms with E-state index < -0.39 is 0 Å². The number of nitrogen functional groups attached to an aromatic ring is 1. The molecule has 2 fully saturated rings. The number of anilines is 1. The predicted octanol–water partition coefficient (Wildman–Crippen LogP) is 0.00512. The highest BCUT2D eigenvalue weighted by Gasteiger charge is 2.35. The van der Waals surface area contributed by atoms with Crippen LogP contribution in [0.1, 0.15) is 29.0 Å². The summed E-state index contributed by atoms with van der Waals surface area (Å²) in [6.07, 6.45) is 2.03. The van der Waals surface area contributed by atoms with Crippen molar-refractivity contribution in [3.05, 3.63) is 11.4 Å². The number of carbonyl (C=O) groups excluding carboxylic acids is 2. The number of aryl methyl sites for hydroxylation is 2. The molecule has 0 radical (unpaired) electrons. The van der Waals surface area contributed by atoms with Crippen LogP contribution in [0.4, 0.5) is 5.69 Å². The molecule has 2 N–H and O–H groups in total. The Hall–Kier alpha value is -2.05. The van der Waals surface area contributed by atoms with Gasteiger partial charge in [-0.15, -0.1) is 0 Å². The van der Waals surface area contributed by atoms with Gasteiger partial charge in [0.1, 0.15) is 5.69 Å². The highest BCUT2D eigenvalue weighted by molar-refractivity contribution is 5.98. The molecule has 114 valence electrons. The van der Waals surface area contributed by atoms with E-state index in [2.05, 4.69) is 5.10 Å². The number of piperazine rings is 1. The van der Waals surface area contributed by atoms with E-state index in [-0.39, 0.29) is 17.7 Å². The Morgan fingerprint density at radius 3 is 2.19 bits per heavy atom. The standard InChI is InChI=1S/C14H21N5O2/c1-9-11(15)12(17(2)16-9)14(21)19-7-5-18(6-8-19)13(20)10-3-4-10/h10H,3-8,15H2,1-2H3. The van der Waals surface area contributed by atoms with Gasteiger partial charge in [-0.1, -0.05) is 0 Å². The molecule has 7 nitrogen and oxygen atoms in total. The SMILES string of the molecule is Cc1nn(C)c(C(=O)N2CCN(C(=O)C3CC3)CC2)c1N. The average Bonchev–Trinajstić information content (AvgIpc) is 3.27. The molecule has 2 amide bonds. The Labute approximate surface area is 123 Å². The number of nitrogens with two attached hydrogens (primary N) is 1. The molecule has 0 spiro atoms. The van der Waals surface area contributed by atoms with E-state index in [1.807, 2.05) is 4.90 Å². The maximum atomic E-state index is 12.6. The van der Waals surface area contributed by atoms with Crippen molar-refractivity contribution in [3.63, 3.8) is 0 Å². The van der Waals surface area contributed by atoms with E-state index in [1.54, 1.807) is 18.9 Å². The van der Waals surface area contributed by atoms with Crippen LogP contribution in [0.5, 0.6) is 0 Å². The van der Waals surface area contributed by atoms with Crippen molar-refractivity contribution in [1.82, 2.24) is 19.6 Å². The lowest BCUT2D eigenvalue weighted by Gasteiger charge is -2.34. The molecule has 2 aliphatic rings. The lowest BCUT2D eigenvalue weighted by molar-refractivity contribution is -0.134. The lowest BCUT2D eigenvalue weighted by atomic mass is 10.2. The summed E-state index contributed by atoms with van der Waals surface area (Å²) >= 11 is 0. The zero-order valence-corrected chi connectivity index (χ0v) is 12.5. The second kappa shape index (κ2) is 5.05. The predicted molar refractivity (Wildman–Crippen MR) is 77.6 cm³/mol. The van der Waals surface area contributed by atoms with Crippen LogP contribution in [-0.4, -0.2) is 57.6 Å². The molecule has 1 saturated heterocycles. The van der Waals surface area contributed by atoms with E-state index >= 15 is 0 Å². The van der Waals surface area contributed by atoms with Crippen LogP contribution < -0.4 is 5.73 Å². The number of carbonyl (C=O) groups is 2. The molecule has 7 heteroatoms. The summed E-state index contributed by atoms with van der Waals surface area (Å²) in [6, 6.07) is 0. The van der Waals surface area contributed by atoms with Gasteiger partial charge in [0, 0.05) is 39.1 Å². The van der Waals surface area contributed by atoms with Crippen LogP contribution in [0.2, 0.25) is 0 Å². The van der Waals surface area contributed by atoms with Crippen LogP contribution in [-0.2, 0) is 11.8 Å². The van der Waals surface area contributed by atoms with Gasteiger partial charge in [-0.2, -0.15) is 5.10 Å². The van der Waals surface area contributed by atoms with Gasteiger partial charge in [-0.3, -0.25) is 14.3 Å². The molecule has 1 aromatic rings. The summed E-state index contributed by atoms with van der Waals surface area (Å²) < 4.78 is 1.54. The number of rotatable bonds is 2. The number of amides is 2. The second-order valence-electron chi connectivity index (χ2n) is 5.86. The Bertz CT molecular complexity index is 582. The van der Waals surface area contributed by atoms with Crippen molar-refractivity contribution in [3.8, 4) is 0 Å². The molecule has 0 aromatic carbocycles. The Morgan fingerprint density at radius 1 is 1.14 bits per heavy atom. The number of nitrogens with zero attached hydrogens (tertiary/aromatic N) is 4. The minimum absolute atomic E-state index is 0.103. The molecule has 0 unspecified atom stereocenters. The fourth-order valence-electron chi connectivity index (χ4n) is 2.80. The summed E-state index contributed by atoms with van der Waals surface area (Å²) in [5, 5.41) is 4.18. The Morgan fingerprint density at radius 2 is 1.71 bits per heavy atom. The van der Waals surface area contributed by atoms with Crippen LogP contribution in [0, 0.1) is 12.8 Å². The van der Waals surface area contributed by atoms with E-state index in [1.165, 1.54) is 4.68 Å². The Balaban J connectivity index is 1.66. The lowest BCUT2D eigenvalue weighted by Crippen LogP contribution is -2.51. The molecule has 21 heavy (non-hydrogen) atoms. The molecular weight excluding hydrogens is 270 g/mol. The highest BCUT2D eigenvalue weighted by Crippen LogP contribution is 2.31. The van der Waals surface area contributed by atoms with E-state index in [4.69, 9.17) is 5.73 Å². The van der Waals surface area contributed by atoms with Gasteiger partial charge >= 0.3 is 0 Å². The van der Waals surface area contributed by atoms with Gasteiger partial charge in [0.25, 0.3) is 5.91 Å². The van der Waals surface area contributed by atoms with Gasteiger partial charge < -0.3 is 15.5 Å². The molecule has 2 heterocycles. The van der Waals surface area contributed by atoms with Crippen LogP contribution in [0.25, 0.3) is 0 Å². The monoisotopic (exact) mass is 291 g/mol. The van der Waals surface area contributed by atoms with Gasteiger partial charge in [-0.05, 0) is 19.8 Å². The van der Waals surface area contributed by atoms with Crippen molar-refractivity contribution in [2.45, 2.75) is 19.8 Å². The summed E-state index contributed by atoms with van der Waals surface area (Å²) in [7, 11) is 1.73. The van der Waals surface area contributed by atoms with E-state index in [0.717, 1.165) is 12.8 Å². The van der Waals surface area contributed by atoms with Gasteiger partial charge in [0.05, 0.1) is 11.4 Å². The molecule has 1 aliphatic heterocycles. The third-order valence-electron chi connectivity index (χ3n) is 4.28. The minimum Gasteiger partial charge on any atom is -0.395 e. The van der Waals surface area contributed by atoms with Gasteiger partial charge in [-0.25, -0.2) is 0 Å². The first-order valence-electron chi connectivity index (χ1n) is 7.36. The third kappa shape index (κ3) is 2.48. The van der Waals surface area contributed by atoms with Crippen LogP contribution >= 0.6 is 0 Å². The smallest absolute Gasteiger partial charge is 0.274 e. The second-order valence-corrected chi connectivity index (χ2v) is 5.86. The molecule has 1 saturated carbocycles. The maximum Gasteiger partial charge on any atom is 0.274 e. The summed E-state index contributed by atoms with van der Waals surface area (Å²) in [5.74, 6) is 0.384. The van der Waals surface area contributed by atoms with Crippen molar-refractivity contribution < 1.29 is 9.59 Å². The van der Waals surface area contributed by atoms with Gasteiger partial charge in [0.15, 0.2) is 0 Å². The van der Waals surface area contributed by atoms with E-state index in [9.17, 15) is 9.59 Å². The first-order chi connectivity index (χ1) is 9.99. The number of aromatic nitrogens is 2. The fourth-order valence-corrected chi connectivity index (χ4v) is 2.80. The Kier molecular flexibility index (Phi) is 3.35. The highest BCUT2D eigenvalue weighted by atomic mass is 16.2. The fraction of sp³-hybridized carbons (Fsp3) is 0.643. The van der Waals surface area contributed by atoms with Crippen molar-refractivity contribution >= 4 is 17.5 Å². The maximum absolute atomic E-state index is 12.6. The topological polar surface area (TPSA) is 84.5 Å². The quantitative estimate of drug-likeness (QED) is 0.831. The molecule has 3 rings (SSSR count). The third-order valence-corrected chi connectivity index (χ3v) is 4.28. The van der Waals surface area contributed by atoms with E-state index in [0.29, 0.717) is 43.3 Å². The van der Waals surface area contributed by atoms with Crippen molar-refractivity contribution in [2.75, 3.05) is 31.9 Å². The summed E-state index contributed by atoms with van der Waals surface area (Å²) in [5.41, 5.74) is 7.49. The molecular formula is C14H21N5O2. The first kappa shape index (κ1) is 13.9. The molecule has 0 atom stereocenters. The number of hydrogen-bond acceptors (Lipinski definition) is 4. The molecule has 1 aromatic heterocycles. The zero-order chi connectivity index (χ0) is 15.1. The average molecular weight is 291 g/mol. The first-order valence-corrected chi connectivity index (χ1v) is 7.36.